The van der Waals surface area contributed by atoms with Crippen LogP contribution in [0.1, 0.15) is 42.1 Å². The summed E-state index contributed by atoms with van der Waals surface area (Å²) < 4.78 is 0.868. The maximum Gasteiger partial charge on any atom is 0.252 e. The molecule has 1 N–H and O–H groups in total. The summed E-state index contributed by atoms with van der Waals surface area (Å²) in [5, 5.41) is 3.10. The Hall–Kier alpha value is -0.830. The zero-order valence-electron chi connectivity index (χ0n) is 9.64. The summed E-state index contributed by atoms with van der Waals surface area (Å²) in [6, 6.07) is 5.80. The highest BCUT2D eigenvalue weighted by Crippen LogP contribution is 2.31. The molecular formula is C13H16BrNO. The number of carbonyl (C=O) groups excluding carboxylic acids is 1. The zero-order chi connectivity index (χ0) is 11.8. The molecule has 3 heteroatoms. The largest absolute Gasteiger partial charge is 0.347 e. The van der Waals surface area contributed by atoms with Crippen LogP contribution in [0.2, 0.25) is 0 Å². The Balaban J connectivity index is 2.14. The van der Waals surface area contributed by atoms with Gasteiger partial charge in [-0.3, -0.25) is 4.79 Å². The minimum atomic E-state index is 0.0153. The van der Waals surface area contributed by atoms with Gasteiger partial charge in [0, 0.05) is 10.0 Å². The average Bonchev–Trinajstić information content (AvgIpc) is 2.14. The van der Waals surface area contributed by atoms with E-state index < -0.39 is 0 Å². The smallest absolute Gasteiger partial charge is 0.252 e. The van der Waals surface area contributed by atoms with E-state index in [1.807, 2.05) is 25.1 Å². The van der Waals surface area contributed by atoms with Gasteiger partial charge in [0.15, 0.2) is 0 Å². The number of aryl methyl sites for hydroxylation is 1. The molecule has 2 rings (SSSR count). The Morgan fingerprint density at radius 3 is 2.62 bits per heavy atom. The molecule has 1 aromatic rings. The van der Waals surface area contributed by atoms with Gasteiger partial charge in [-0.15, -0.1) is 0 Å². The lowest BCUT2D eigenvalue weighted by molar-refractivity contribution is 0.0849. The highest BCUT2D eigenvalue weighted by Gasteiger charge is 2.33. The number of halogens is 1. The van der Waals surface area contributed by atoms with Crippen molar-refractivity contribution in [2.24, 2.45) is 0 Å². The molecule has 1 aliphatic rings. The van der Waals surface area contributed by atoms with E-state index in [0.717, 1.165) is 28.4 Å². The molecule has 0 aromatic heterocycles. The van der Waals surface area contributed by atoms with Crippen LogP contribution in [0.5, 0.6) is 0 Å². The molecule has 0 atom stereocenters. The van der Waals surface area contributed by atoms with Crippen molar-refractivity contribution in [3.05, 3.63) is 33.8 Å². The first-order valence-corrected chi connectivity index (χ1v) is 6.38. The molecule has 1 amide bonds. The molecule has 1 fully saturated rings. The SMILES string of the molecule is Cc1ccc(C(=O)NC2(C)CCC2)c(Br)c1. The van der Waals surface area contributed by atoms with Crippen molar-refractivity contribution in [3.63, 3.8) is 0 Å². The summed E-state index contributed by atoms with van der Waals surface area (Å²) in [5.74, 6) is 0.0223. The van der Waals surface area contributed by atoms with E-state index in [4.69, 9.17) is 0 Å². The van der Waals surface area contributed by atoms with E-state index in [0.29, 0.717) is 0 Å². The molecule has 86 valence electrons. The lowest BCUT2D eigenvalue weighted by Gasteiger charge is -2.39. The number of benzene rings is 1. The van der Waals surface area contributed by atoms with Gasteiger partial charge in [-0.05, 0) is 66.7 Å². The third kappa shape index (κ3) is 2.29. The molecule has 0 unspecified atom stereocenters. The fourth-order valence-electron chi connectivity index (χ4n) is 1.98. The molecule has 1 saturated carbocycles. The van der Waals surface area contributed by atoms with E-state index in [-0.39, 0.29) is 11.4 Å². The zero-order valence-corrected chi connectivity index (χ0v) is 11.2. The van der Waals surface area contributed by atoms with Gasteiger partial charge in [0.25, 0.3) is 5.91 Å². The van der Waals surface area contributed by atoms with Crippen molar-refractivity contribution >= 4 is 21.8 Å². The predicted molar refractivity (Wildman–Crippen MR) is 68.6 cm³/mol. The number of hydrogen-bond acceptors (Lipinski definition) is 1. The molecule has 0 bridgehead atoms. The minimum absolute atomic E-state index is 0.0153. The molecule has 16 heavy (non-hydrogen) atoms. The third-order valence-corrected chi connectivity index (χ3v) is 3.90. The molecule has 0 spiro atoms. The van der Waals surface area contributed by atoms with Crippen molar-refractivity contribution in [1.29, 1.82) is 0 Å². The Morgan fingerprint density at radius 1 is 1.44 bits per heavy atom. The number of carbonyl (C=O) groups is 1. The van der Waals surface area contributed by atoms with Crippen LogP contribution in [0.3, 0.4) is 0 Å². The van der Waals surface area contributed by atoms with Gasteiger partial charge in [-0.1, -0.05) is 6.07 Å². The van der Waals surface area contributed by atoms with Crippen molar-refractivity contribution in [2.75, 3.05) is 0 Å². The first kappa shape index (κ1) is 11.6. The lowest BCUT2D eigenvalue weighted by atomic mass is 9.78. The second-order valence-electron chi connectivity index (χ2n) is 4.85. The molecular weight excluding hydrogens is 266 g/mol. The van der Waals surface area contributed by atoms with Crippen LogP contribution < -0.4 is 5.32 Å². The normalized spacial score (nSPS) is 17.7. The van der Waals surface area contributed by atoms with Crippen LogP contribution in [0, 0.1) is 6.92 Å². The highest BCUT2D eigenvalue weighted by atomic mass is 79.9. The number of nitrogens with one attached hydrogen (secondary N) is 1. The summed E-state index contributed by atoms with van der Waals surface area (Å²) in [6.45, 7) is 4.12. The van der Waals surface area contributed by atoms with E-state index in [2.05, 4.69) is 28.2 Å². The van der Waals surface area contributed by atoms with E-state index in [1.165, 1.54) is 6.42 Å². The van der Waals surface area contributed by atoms with Crippen molar-refractivity contribution in [1.82, 2.24) is 5.32 Å². The standard InChI is InChI=1S/C13H16BrNO/c1-9-4-5-10(11(14)8-9)12(16)15-13(2)6-3-7-13/h4-5,8H,3,6-7H2,1-2H3,(H,15,16). The predicted octanol–water partition coefficient (Wildman–Crippen LogP) is 3.43. The Bertz CT molecular complexity index is 424. The van der Waals surface area contributed by atoms with Gasteiger partial charge in [0.1, 0.15) is 0 Å². The van der Waals surface area contributed by atoms with E-state index >= 15 is 0 Å². The third-order valence-electron chi connectivity index (χ3n) is 3.24. The fourth-order valence-corrected chi connectivity index (χ4v) is 2.65. The van der Waals surface area contributed by atoms with Crippen LogP contribution in [0.15, 0.2) is 22.7 Å². The van der Waals surface area contributed by atoms with E-state index in [1.54, 1.807) is 0 Å². The van der Waals surface area contributed by atoms with Crippen LogP contribution in [-0.2, 0) is 0 Å². The quantitative estimate of drug-likeness (QED) is 0.884. The molecule has 0 heterocycles. The maximum atomic E-state index is 12.0. The fraction of sp³-hybridized carbons (Fsp3) is 0.462. The van der Waals surface area contributed by atoms with Crippen LogP contribution in [-0.4, -0.2) is 11.4 Å². The molecule has 1 aromatic carbocycles. The molecule has 0 radical (unpaired) electrons. The first-order chi connectivity index (χ1) is 7.50. The second-order valence-corrected chi connectivity index (χ2v) is 5.71. The highest BCUT2D eigenvalue weighted by molar-refractivity contribution is 9.10. The lowest BCUT2D eigenvalue weighted by Crippen LogP contribution is -2.51. The van der Waals surface area contributed by atoms with E-state index in [9.17, 15) is 4.79 Å². The summed E-state index contributed by atoms with van der Waals surface area (Å²) in [7, 11) is 0. The molecule has 2 nitrogen and oxygen atoms in total. The van der Waals surface area contributed by atoms with Gasteiger partial charge < -0.3 is 5.32 Å². The average molecular weight is 282 g/mol. The minimum Gasteiger partial charge on any atom is -0.347 e. The first-order valence-electron chi connectivity index (χ1n) is 5.59. The van der Waals surface area contributed by atoms with Crippen molar-refractivity contribution in [3.8, 4) is 0 Å². The summed E-state index contributed by atoms with van der Waals surface area (Å²) in [5.41, 5.74) is 1.89. The molecule has 1 aliphatic carbocycles. The Kier molecular flexibility index (Phi) is 3.06. The van der Waals surface area contributed by atoms with Crippen molar-refractivity contribution < 1.29 is 4.79 Å². The van der Waals surface area contributed by atoms with Gasteiger partial charge in [-0.2, -0.15) is 0 Å². The van der Waals surface area contributed by atoms with Gasteiger partial charge >= 0.3 is 0 Å². The summed E-state index contributed by atoms with van der Waals surface area (Å²) >= 11 is 3.43. The van der Waals surface area contributed by atoms with Crippen LogP contribution in [0.4, 0.5) is 0 Å². The molecule has 0 aliphatic heterocycles. The molecule has 0 saturated heterocycles. The second kappa shape index (κ2) is 4.21. The number of amides is 1. The van der Waals surface area contributed by atoms with Gasteiger partial charge in [0.05, 0.1) is 5.56 Å². The summed E-state index contributed by atoms with van der Waals surface area (Å²) in [4.78, 5) is 12.0. The van der Waals surface area contributed by atoms with Crippen LogP contribution in [0.25, 0.3) is 0 Å². The monoisotopic (exact) mass is 281 g/mol. The number of hydrogen-bond donors (Lipinski definition) is 1. The van der Waals surface area contributed by atoms with Crippen molar-refractivity contribution in [2.45, 2.75) is 38.6 Å². The van der Waals surface area contributed by atoms with Crippen LogP contribution >= 0.6 is 15.9 Å². The Labute approximate surface area is 105 Å². The number of rotatable bonds is 2. The van der Waals surface area contributed by atoms with Gasteiger partial charge in [-0.25, -0.2) is 0 Å². The Morgan fingerprint density at radius 2 is 2.12 bits per heavy atom. The summed E-state index contributed by atoms with van der Waals surface area (Å²) in [6.07, 6.45) is 3.39. The van der Waals surface area contributed by atoms with Gasteiger partial charge in [0.2, 0.25) is 0 Å². The topological polar surface area (TPSA) is 29.1 Å². The maximum absolute atomic E-state index is 12.0.